The first kappa shape index (κ1) is 14.3. The molecule has 112 valence electrons. The lowest BCUT2D eigenvalue weighted by Gasteiger charge is -2.19. The normalized spacial score (nSPS) is 29.0. The molecule has 1 unspecified atom stereocenters. The summed E-state index contributed by atoms with van der Waals surface area (Å²) in [5.41, 5.74) is 0.665. The van der Waals surface area contributed by atoms with Crippen LogP contribution in [-0.4, -0.2) is 47.3 Å². The predicted molar refractivity (Wildman–Crippen MR) is 77.2 cm³/mol. The summed E-state index contributed by atoms with van der Waals surface area (Å²) in [6.45, 7) is -0.343. The molecule has 2 aromatic carbocycles. The molecule has 0 amide bonds. The molecule has 5 nitrogen and oxygen atoms in total. The smallest absolute Gasteiger partial charge is 0.125 e. The fourth-order valence-corrected chi connectivity index (χ4v) is 2.79. The van der Waals surface area contributed by atoms with E-state index in [1.165, 1.54) is 0 Å². The summed E-state index contributed by atoms with van der Waals surface area (Å²) >= 11 is 0. The molecule has 21 heavy (non-hydrogen) atoms. The fraction of sp³-hybridized carbons (Fsp3) is 0.375. The highest BCUT2D eigenvalue weighted by Gasteiger charge is 2.44. The van der Waals surface area contributed by atoms with Crippen molar-refractivity contribution in [1.82, 2.24) is 0 Å². The number of aliphatic hydroxyl groups excluding tert-OH is 3. The second kappa shape index (κ2) is 5.61. The zero-order valence-corrected chi connectivity index (χ0v) is 11.6. The van der Waals surface area contributed by atoms with Crippen LogP contribution in [0.4, 0.5) is 0 Å². The van der Waals surface area contributed by atoms with Crippen molar-refractivity contribution in [2.24, 2.45) is 0 Å². The van der Waals surface area contributed by atoms with Crippen LogP contribution in [0.25, 0.3) is 10.8 Å². The number of benzene rings is 2. The molecule has 1 aliphatic rings. The lowest BCUT2D eigenvalue weighted by molar-refractivity contribution is -0.0232. The van der Waals surface area contributed by atoms with E-state index in [1.807, 2.05) is 36.4 Å². The van der Waals surface area contributed by atoms with Gasteiger partial charge in [-0.15, -0.1) is 0 Å². The van der Waals surface area contributed by atoms with Crippen molar-refractivity contribution in [2.45, 2.75) is 24.4 Å². The van der Waals surface area contributed by atoms with Crippen LogP contribution in [0.15, 0.2) is 36.4 Å². The molecule has 0 bridgehead atoms. The van der Waals surface area contributed by atoms with Crippen LogP contribution in [0.5, 0.6) is 5.75 Å². The van der Waals surface area contributed by atoms with E-state index in [9.17, 15) is 15.3 Å². The molecule has 1 saturated heterocycles. The molecule has 0 saturated carbocycles. The number of rotatable bonds is 3. The third-order valence-electron chi connectivity index (χ3n) is 3.95. The van der Waals surface area contributed by atoms with Crippen molar-refractivity contribution in [3.63, 3.8) is 0 Å². The lowest BCUT2D eigenvalue weighted by Crippen LogP contribution is -2.32. The molecule has 0 spiro atoms. The van der Waals surface area contributed by atoms with Crippen LogP contribution in [0, 0.1) is 0 Å². The number of aliphatic hydroxyl groups is 3. The van der Waals surface area contributed by atoms with Crippen molar-refractivity contribution < 1.29 is 24.8 Å². The summed E-state index contributed by atoms with van der Waals surface area (Å²) in [7, 11) is 1.55. The monoisotopic (exact) mass is 290 g/mol. The van der Waals surface area contributed by atoms with Crippen molar-refractivity contribution >= 4 is 10.8 Å². The highest BCUT2D eigenvalue weighted by molar-refractivity contribution is 5.85. The minimum Gasteiger partial charge on any atom is -0.496 e. The first-order valence-electron chi connectivity index (χ1n) is 6.85. The summed E-state index contributed by atoms with van der Waals surface area (Å²) in [5, 5.41) is 31.3. The Morgan fingerprint density at radius 2 is 1.76 bits per heavy atom. The van der Waals surface area contributed by atoms with Gasteiger partial charge in [0.2, 0.25) is 0 Å². The van der Waals surface area contributed by atoms with Gasteiger partial charge in [0.25, 0.3) is 0 Å². The molecule has 2 aromatic rings. The molecular weight excluding hydrogens is 272 g/mol. The fourth-order valence-electron chi connectivity index (χ4n) is 2.79. The van der Waals surface area contributed by atoms with E-state index in [1.54, 1.807) is 7.11 Å². The SMILES string of the molecule is COc1cc2ccccc2cc1[C@@H]1O[C@H](CO)C(O)[C@@H]1O. The van der Waals surface area contributed by atoms with E-state index in [0.717, 1.165) is 10.8 Å². The summed E-state index contributed by atoms with van der Waals surface area (Å²) in [6, 6.07) is 11.6. The van der Waals surface area contributed by atoms with Crippen molar-refractivity contribution in [3.8, 4) is 5.75 Å². The Morgan fingerprint density at radius 3 is 2.33 bits per heavy atom. The van der Waals surface area contributed by atoms with Gasteiger partial charge in [0.15, 0.2) is 0 Å². The van der Waals surface area contributed by atoms with Crippen LogP contribution in [0.3, 0.4) is 0 Å². The van der Waals surface area contributed by atoms with Gasteiger partial charge in [-0.05, 0) is 22.9 Å². The molecular formula is C16H18O5. The predicted octanol–water partition coefficient (Wildman–Crippen LogP) is 1.00. The molecule has 5 heteroatoms. The Labute approximate surface area is 122 Å². The van der Waals surface area contributed by atoms with E-state index in [2.05, 4.69) is 0 Å². The van der Waals surface area contributed by atoms with E-state index >= 15 is 0 Å². The number of hydrogen-bond acceptors (Lipinski definition) is 5. The average Bonchev–Trinajstić information content (AvgIpc) is 2.81. The van der Waals surface area contributed by atoms with Gasteiger partial charge in [0.1, 0.15) is 30.2 Å². The van der Waals surface area contributed by atoms with E-state index in [4.69, 9.17) is 9.47 Å². The molecule has 4 atom stereocenters. The highest BCUT2D eigenvalue weighted by atomic mass is 16.6. The molecule has 1 aliphatic heterocycles. The van der Waals surface area contributed by atoms with Crippen LogP contribution in [-0.2, 0) is 4.74 Å². The third-order valence-corrected chi connectivity index (χ3v) is 3.95. The molecule has 1 fully saturated rings. The number of fused-ring (bicyclic) bond motifs is 1. The maximum atomic E-state index is 10.2. The van der Waals surface area contributed by atoms with Gasteiger partial charge in [0, 0.05) is 5.56 Å². The van der Waals surface area contributed by atoms with Crippen molar-refractivity contribution in [2.75, 3.05) is 13.7 Å². The second-order valence-corrected chi connectivity index (χ2v) is 5.20. The highest BCUT2D eigenvalue weighted by Crippen LogP contribution is 2.39. The number of methoxy groups -OCH3 is 1. The molecule has 0 aliphatic carbocycles. The minimum absolute atomic E-state index is 0.343. The summed E-state index contributed by atoms with van der Waals surface area (Å²) in [4.78, 5) is 0. The topological polar surface area (TPSA) is 79.2 Å². The first-order chi connectivity index (χ1) is 10.2. The first-order valence-corrected chi connectivity index (χ1v) is 6.85. The maximum absolute atomic E-state index is 10.2. The molecule has 0 aromatic heterocycles. The van der Waals surface area contributed by atoms with Crippen LogP contribution >= 0.6 is 0 Å². The summed E-state index contributed by atoms with van der Waals surface area (Å²) < 4.78 is 11.0. The Bertz CT molecular complexity index is 642. The van der Waals surface area contributed by atoms with Gasteiger partial charge in [-0.3, -0.25) is 0 Å². The van der Waals surface area contributed by atoms with Crippen LogP contribution in [0.1, 0.15) is 11.7 Å². The van der Waals surface area contributed by atoms with E-state index in [0.29, 0.717) is 11.3 Å². The number of ether oxygens (including phenoxy) is 2. The largest absolute Gasteiger partial charge is 0.496 e. The lowest BCUT2D eigenvalue weighted by atomic mass is 9.97. The van der Waals surface area contributed by atoms with Crippen LogP contribution < -0.4 is 4.74 Å². The Balaban J connectivity index is 2.07. The summed E-state index contributed by atoms with van der Waals surface area (Å²) in [6.07, 6.45) is -3.73. The zero-order valence-electron chi connectivity index (χ0n) is 11.6. The van der Waals surface area contributed by atoms with Gasteiger partial charge < -0.3 is 24.8 Å². The molecule has 1 heterocycles. The zero-order chi connectivity index (χ0) is 15.0. The van der Waals surface area contributed by atoms with E-state index in [-0.39, 0.29) is 6.61 Å². The molecule has 3 rings (SSSR count). The maximum Gasteiger partial charge on any atom is 0.125 e. The quantitative estimate of drug-likeness (QED) is 0.786. The third kappa shape index (κ3) is 2.38. The van der Waals surface area contributed by atoms with Gasteiger partial charge >= 0.3 is 0 Å². The number of hydrogen-bond donors (Lipinski definition) is 3. The Morgan fingerprint density at radius 1 is 1.10 bits per heavy atom. The van der Waals surface area contributed by atoms with Gasteiger partial charge in [-0.25, -0.2) is 0 Å². The van der Waals surface area contributed by atoms with Gasteiger partial charge in [0.05, 0.1) is 13.7 Å². The minimum atomic E-state index is -1.11. The Kier molecular flexibility index (Phi) is 3.82. The van der Waals surface area contributed by atoms with Gasteiger partial charge in [-0.1, -0.05) is 24.3 Å². The average molecular weight is 290 g/mol. The summed E-state index contributed by atoms with van der Waals surface area (Å²) in [5.74, 6) is 0.587. The van der Waals surface area contributed by atoms with Crippen LogP contribution in [0.2, 0.25) is 0 Å². The second-order valence-electron chi connectivity index (χ2n) is 5.20. The Hall–Kier alpha value is -1.66. The van der Waals surface area contributed by atoms with E-state index < -0.39 is 24.4 Å². The van der Waals surface area contributed by atoms with Gasteiger partial charge in [-0.2, -0.15) is 0 Å². The molecule has 3 N–H and O–H groups in total. The van der Waals surface area contributed by atoms with Crippen molar-refractivity contribution in [1.29, 1.82) is 0 Å². The molecule has 0 radical (unpaired) electrons. The standard InChI is InChI=1S/C16H18O5/c1-20-12-7-10-5-3-2-4-9(10)6-11(12)16-15(19)14(18)13(8-17)21-16/h2-7,13-19H,8H2,1H3/t13-,14?,15+,16+/m1/s1. The van der Waals surface area contributed by atoms with Crippen molar-refractivity contribution in [3.05, 3.63) is 42.0 Å².